The average Bonchev–Trinajstić information content (AvgIpc) is 2.32. The van der Waals surface area contributed by atoms with Crippen LogP contribution in [0.3, 0.4) is 0 Å². The summed E-state index contributed by atoms with van der Waals surface area (Å²) in [5.41, 5.74) is 5.74. The summed E-state index contributed by atoms with van der Waals surface area (Å²) >= 11 is -1.17. The van der Waals surface area contributed by atoms with E-state index in [0.29, 0.717) is 12.3 Å². The smallest absolute Gasteiger partial charge is 0.242 e. The van der Waals surface area contributed by atoms with Gasteiger partial charge in [-0.2, -0.15) is 0 Å². The molecule has 19 heavy (non-hydrogen) atoms. The third kappa shape index (κ3) is 5.92. The number of nitrogens with two attached hydrogens (primary N) is 1. The molecule has 110 valence electrons. The Bertz CT molecular complexity index is 325. The maximum absolute atomic E-state index is 11.9. The number of rotatable bonds is 1. The van der Waals surface area contributed by atoms with E-state index in [1.807, 2.05) is 13.8 Å². The minimum atomic E-state index is -1.17. The molecule has 0 radical (unpaired) electrons. The molecule has 0 aromatic heterocycles. The van der Waals surface area contributed by atoms with Crippen LogP contribution in [0.25, 0.3) is 0 Å². The van der Waals surface area contributed by atoms with E-state index in [1.165, 1.54) is 0 Å². The van der Waals surface area contributed by atoms with Crippen LogP contribution in [-0.4, -0.2) is 51.9 Å². The number of carbonyl (C=O) groups excluding carboxylic acids is 1. The molecule has 0 fully saturated rings. The van der Waals surface area contributed by atoms with E-state index in [-0.39, 0.29) is 23.6 Å². The number of carbonyl (C=O) groups is 1. The van der Waals surface area contributed by atoms with Crippen LogP contribution in [0.4, 0.5) is 0 Å². The maximum atomic E-state index is 11.9. The zero-order chi connectivity index (χ0) is 14.4. The van der Waals surface area contributed by atoms with Crippen molar-refractivity contribution in [2.75, 3.05) is 18.1 Å². The zero-order valence-corrected chi connectivity index (χ0v) is 12.2. The van der Waals surface area contributed by atoms with E-state index < -0.39 is 23.4 Å². The SMILES string of the molecule is CC(C)[C@H]1/C=C/C(O)NCC[S+]([O-])C[C@H](N)C(=O)N1. The molecule has 7 heteroatoms. The summed E-state index contributed by atoms with van der Waals surface area (Å²) in [4.78, 5) is 11.9. The monoisotopic (exact) mass is 289 g/mol. The molecular weight excluding hydrogens is 266 g/mol. The Kier molecular flexibility index (Phi) is 6.81. The standard InChI is InChI=1S/C12H23N3O3S/c1-8(2)10-3-4-11(16)14-5-6-19(18)7-9(13)12(17)15-10/h3-4,8-11,14,16H,5-7,13H2,1-2H3,(H,15,17)/b4-3+/t9-,10+,11?,19?/m0/s1. The third-order valence-electron chi connectivity index (χ3n) is 2.91. The van der Waals surface area contributed by atoms with Gasteiger partial charge in [0.15, 0.2) is 0 Å². The quantitative estimate of drug-likeness (QED) is 0.353. The average molecular weight is 289 g/mol. The Morgan fingerprint density at radius 3 is 2.84 bits per heavy atom. The van der Waals surface area contributed by atoms with Crippen LogP contribution in [-0.2, 0) is 16.0 Å². The first-order valence-electron chi connectivity index (χ1n) is 6.41. The summed E-state index contributed by atoms with van der Waals surface area (Å²) in [5, 5.41) is 15.3. The van der Waals surface area contributed by atoms with Crippen LogP contribution in [0, 0.1) is 5.92 Å². The van der Waals surface area contributed by atoms with Crippen molar-refractivity contribution in [3.05, 3.63) is 12.2 Å². The van der Waals surface area contributed by atoms with Crippen LogP contribution in [0.15, 0.2) is 12.2 Å². The molecular formula is C12H23N3O3S. The van der Waals surface area contributed by atoms with Crippen LogP contribution in [0.1, 0.15) is 13.8 Å². The number of aliphatic hydroxyl groups excluding tert-OH is 1. The van der Waals surface area contributed by atoms with Crippen LogP contribution in [0.2, 0.25) is 0 Å². The first-order valence-corrected chi connectivity index (χ1v) is 7.89. The predicted octanol–water partition coefficient (Wildman–Crippen LogP) is -1.32. The summed E-state index contributed by atoms with van der Waals surface area (Å²) in [6.45, 7) is 4.34. The Labute approximate surface area is 117 Å². The van der Waals surface area contributed by atoms with Crippen molar-refractivity contribution in [3.63, 3.8) is 0 Å². The van der Waals surface area contributed by atoms with Gasteiger partial charge in [-0.05, 0) is 12.0 Å². The molecule has 1 amide bonds. The minimum Gasteiger partial charge on any atom is -0.616 e. The van der Waals surface area contributed by atoms with E-state index in [1.54, 1.807) is 12.2 Å². The molecule has 0 saturated heterocycles. The highest BCUT2D eigenvalue weighted by Crippen LogP contribution is 2.05. The summed E-state index contributed by atoms with van der Waals surface area (Å²) in [5.74, 6) is 0.366. The molecule has 0 aliphatic carbocycles. The van der Waals surface area contributed by atoms with Crippen molar-refractivity contribution in [2.24, 2.45) is 11.7 Å². The van der Waals surface area contributed by atoms with Crippen molar-refractivity contribution >= 4 is 17.1 Å². The second-order valence-electron chi connectivity index (χ2n) is 4.98. The van der Waals surface area contributed by atoms with Gasteiger partial charge in [0.05, 0.1) is 0 Å². The summed E-state index contributed by atoms with van der Waals surface area (Å²) in [6, 6.07) is -0.970. The fourth-order valence-corrected chi connectivity index (χ4v) is 2.75. The second-order valence-corrected chi connectivity index (χ2v) is 6.60. The van der Waals surface area contributed by atoms with Gasteiger partial charge < -0.3 is 20.7 Å². The largest absolute Gasteiger partial charge is 0.616 e. The van der Waals surface area contributed by atoms with E-state index in [9.17, 15) is 14.5 Å². The van der Waals surface area contributed by atoms with Crippen LogP contribution < -0.4 is 16.4 Å². The lowest BCUT2D eigenvalue weighted by Crippen LogP contribution is -2.50. The van der Waals surface area contributed by atoms with Gasteiger partial charge in [-0.25, -0.2) is 0 Å². The van der Waals surface area contributed by atoms with Gasteiger partial charge in [0, 0.05) is 12.6 Å². The van der Waals surface area contributed by atoms with E-state index in [0.717, 1.165) is 0 Å². The zero-order valence-electron chi connectivity index (χ0n) is 11.3. The molecule has 4 atom stereocenters. The molecule has 0 aromatic carbocycles. The molecule has 6 nitrogen and oxygen atoms in total. The Morgan fingerprint density at radius 2 is 2.21 bits per heavy atom. The fourth-order valence-electron chi connectivity index (χ4n) is 1.68. The Hall–Kier alpha value is -0.600. The first kappa shape index (κ1) is 16.5. The van der Waals surface area contributed by atoms with Crippen LogP contribution in [0.5, 0.6) is 0 Å². The van der Waals surface area contributed by atoms with Gasteiger partial charge in [0.2, 0.25) is 5.91 Å². The molecule has 2 unspecified atom stereocenters. The first-order chi connectivity index (χ1) is 8.90. The number of nitrogens with one attached hydrogen (secondary N) is 2. The van der Waals surface area contributed by atoms with Crippen molar-refractivity contribution in [1.29, 1.82) is 0 Å². The van der Waals surface area contributed by atoms with Crippen molar-refractivity contribution in [1.82, 2.24) is 10.6 Å². The van der Waals surface area contributed by atoms with Crippen molar-refractivity contribution < 1.29 is 14.5 Å². The molecule has 1 heterocycles. The molecule has 5 N–H and O–H groups in total. The Morgan fingerprint density at radius 1 is 1.53 bits per heavy atom. The topological polar surface area (TPSA) is 110 Å². The number of amides is 1. The molecule has 1 rings (SSSR count). The van der Waals surface area contributed by atoms with Crippen LogP contribution >= 0.6 is 0 Å². The fraction of sp³-hybridized carbons (Fsp3) is 0.750. The van der Waals surface area contributed by atoms with Gasteiger partial charge in [-0.1, -0.05) is 31.1 Å². The lowest BCUT2D eigenvalue weighted by atomic mass is 10.0. The maximum Gasteiger partial charge on any atom is 0.242 e. The van der Waals surface area contributed by atoms with Crippen molar-refractivity contribution in [3.8, 4) is 0 Å². The molecule has 0 saturated carbocycles. The number of aliphatic hydroxyl groups is 1. The molecule has 0 spiro atoms. The van der Waals surface area contributed by atoms with Gasteiger partial charge in [-0.3, -0.25) is 10.1 Å². The number of hydrogen-bond acceptors (Lipinski definition) is 5. The third-order valence-corrected chi connectivity index (χ3v) is 4.30. The van der Waals surface area contributed by atoms with Gasteiger partial charge in [-0.15, -0.1) is 0 Å². The second kappa shape index (κ2) is 7.86. The number of hydrogen-bond donors (Lipinski definition) is 4. The summed E-state index contributed by atoms with van der Waals surface area (Å²) < 4.78 is 11.7. The van der Waals surface area contributed by atoms with Gasteiger partial charge in [0.25, 0.3) is 0 Å². The van der Waals surface area contributed by atoms with E-state index >= 15 is 0 Å². The van der Waals surface area contributed by atoms with E-state index in [2.05, 4.69) is 10.6 Å². The van der Waals surface area contributed by atoms with Gasteiger partial charge >= 0.3 is 0 Å². The van der Waals surface area contributed by atoms with Crippen molar-refractivity contribution in [2.45, 2.75) is 32.2 Å². The molecule has 1 aliphatic heterocycles. The summed E-state index contributed by atoms with van der Waals surface area (Å²) in [6.07, 6.45) is 2.54. The molecule has 0 bridgehead atoms. The normalized spacial score (nSPS) is 36.2. The summed E-state index contributed by atoms with van der Waals surface area (Å²) in [7, 11) is 0. The molecule has 0 aromatic rings. The highest BCUT2D eigenvalue weighted by atomic mass is 32.2. The highest BCUT2D eigenvalue weighted by molar-refractivity contribution is 7.91. The van der Waals surface area contributed by atoms with Gasteiger partial charge in [0.1, 0.15) is 23.8 Å². The predicted molar refractivity (Wildman–Crippen MR) is 75.8 cm³/mol. The lowest BCUT2D eigenvalue weighted by molar-refractivity contribution is -0.122. The molecule has 1 aliphatic rings. The van der Waals surface area contributed by atoms with E-state index in [4.69, 9.17) is 5.73 Å². The minimum absolute atomic E-state index is 0.137. The highest BCUT2D eigenvalue weighted by Gasteiger charge is 2.23. The Balaban J connectivity index is 2.79. The lowest BCUT2D eigenvalue weighted by Gasteiger charge is -2.23.